The van der Waals surface area contributed by atoms with Gasteiger partial charge in [0.25, 0.3) is 11.5 Å². The van der Waals surface area contributed by atoms with E-state index in [-0.39, 0.29) is 41.4 Å². The van der Waals surface area contributed by atoms with Crippen molar-refractivity contribution < 1.29 is 9.59 Å². The van der Waals surface area contributed by atoms with Crippen LogP contribution in [0, 0.1) is 6.92 Å². The molecule has 1 aliphatic rings. The Labute approximate surface area is 212 Å². The van der Waals surface area contributed by atoms with Gasteiger partial charge in [-0.3, -0.25) is 19.0 Å². The van der Waals surface area contributed by atoms with Gasteiger partial charge in [-0.2, -0.15) is 0 Å². The Balaban J connectivity index is 1.59. The van der Waals surface area contributed by atoms with Crippen LogP contribution in [0.2, 0.25) is 0 Å². The van der Waals surface area contributed by atoms with Crippen LogP contribution in [0.25, 0.3) is 16.7 Å². The molecule has 10 heteroatoms. The molecule has 2 aromatic carbocycles. The van der Waals surface area contributed by atoms with Crippen molar-refractivity contribution in [1.29, 1.82) is 0 Å². The van der Waals surface area contributed by atoms with E-state index in [0.29, 0.717) is 16.6 Å². The number of hydrogen-bond donors (Lipinski definition) is 2. The fraction of sp³-hybridized carbons (Fsp3) is 0.370. The topological polar surface area (TPSA) is 120 Å². The maximum absolute atomic E-state index is 13.5. The molecule has 1 aliphatic carbocycles. The first-order valence-electron chi connectivity index (χ1n) is 12.6. The van der Waals surface area contributed by atoms with Crippen LogP contribution in [-0.2, 0) is 11.3 Å². The molecule has 4 aromatic rings. The number of para-hydroxylation sites is 1. The number of rotatable bonds is 6. The van der Waals surface area contributed by atoms with Crippen LogP contribution < -0.4 is 21.9 Å². The summed E-state index contributed by atoms with van der Waals surface area (Å²) in [6.07, 6.45) is 4.06. The third-order valence-corrected chi connectivity index (χ3v) is 6.91. The molecule has 192 valence electrons. The SMILES string of the molecule is Cc1ccccc1NC(=O)Cn1nc2n(C(C)C)c(=O)c3ccc(C(=O)NC4CCCC4)cc3n2c1=O. The van der Waals surface area contributed by atoms with Crippen molar-refractivity contribution in [1.82, 2.24) is 24.1 Å². The normalized spacial score (nSPS) is 14.1. The number of aromatic nitrogens is 4. The highest BCUT2D eigenvalue weighted by Crippen LogP contribution is 2.20. The van der Waals surface area contributed by atoms with Crippen molar-refractivity contribution in [3.05, 3.63) is 74.4 Å². The van der Waals surface area contributed by atoms with Gasteiger partial charge in [-0.15, -0.1) is 5.10 Å². The molecule has 0 bridgehead atoms. The van der Waals surface area contributed by atoms with E-state index >= 15 is 0 Å². The molecule has 1 fully saturated rings. The standard InChI is InChI=1S/C27H30N6O4/c1-16(2)32-25(36)20-13-12-18(24(35)28-19-9-5-6-10-19)14-22(20)33-26(32)30-31(27(33)37)15-23(34)29-21-11-7-4-8-17(21)3/h4,7-8,11-14,16,19H,5-6,9-10,15H2,1-3H3,(H,28,35)(H,29,34). The van der Waals surface area contributed by atoms with Gasteiger partial charge in [0.2, 0.25) is 11.7 Å². The van der Waals surface area contributed by atoms with Crippen LogP contribution >= 0.6 is 0 Å². The van der Waals surface area contributed by atoms with Crippen LogP contribution in [0.5, 0.6) is 0 Å². The first-order valence-corrected chi connectivity index (χ1v) is 12.6. The van der Waals surface area contributed by atoms with E-state index in [1.807, 2.05) is 39.0 Å². The minimum absolute atomic E-state index is 0.120. The maximum Gasteiger partial charge on any atom is 0.352 e. The molecule has 0 spiro atoms. The van der Waals surface area contributed by atoms with E-state index in [9.17, 15) is 19.2 Å². The first-order chi connectivity index (χ1) is 17.7. The number of fused-ring (bicyclic) bond motifs is 3. The van der Waals surface area contributed by atoms with Gasteiger partial charge in [0.1, 0.15) is 6.54 Å². The molecule has 0 radical (unpaired) electrons. The third-order valence-electron chi connectivity index (χ3n) is 6.91. The summed E-state index contributed by atoms with van der Waals surface area (Å²) in [6, 6.07) is 11.9. The number of nitrogens with one attached hydrogen (secondary N) is 2. The zero-order chi connectivity index (χ0) is 26.3. The summed E-state index contributed by atoms with van der Waals surface area (Å²) >= 11 is 0. The van der Waals surface area contributed by atoms with Crippen molar-refractivity contribution >= 4 is 34.2 Å². The minimum atomic E-state index is -0.567. The summed E-state index contributed by atoms with van der Waals surface area (Å²) in [5, 5.41) is 10.5. The van der Waals surface area contributed by atoms with Crippen molar-refractivity contribution in [2.24, 2.45) is 0 Å². The van der Waals surface area contributed by atoms with E-state index in [1.165, 1.54) is 8.97 Å². The zero-order valence-corrected chi connectivity index (χ0v) is 21.2. The van der Waals surface area contributed by atoms with E-state index in [2.05, 4.69) is 15.7 Å². The predicted molar refractivity (Wildman–Crippen MR) is 141 cm³/mol. The van der Waals surface area contributed by atoms with Crippen LogP contribution in [-0.4, -0.2) is 36.6 Å². The van der Waals surface area contributed by atoms with E-state index in [1.54, 1.807) is 24.3 Å². The lowest BCUT2D eigenvalue weighted by molar-refractivity contribution is -0.117. The van der Waals surface area contributed by atoms with Crippen molar-refractivity contribution in [3.8, 4) is 0 Å². The number of carbonyl (C=O) groups excluding carboxylic acids is 2. The summed E-state index contributed by atoms with van der Waals surface area (Å²) in [7, 11) is 0. The van der Waals surface area contributed by atoms with Crippen LogP contribution in [0.3, 0.4) is 0 Å². The number of benzene rings is 2. The smallest absolute Gasteiger partial charge is 0.349 e. The Kier molecular flexibility index (Phi) is 6.41. The summed E-state index contributed by atoms with van der Waals surface area (Å²) in [4.78, 5) is 52.6. The quantitative estimate of drug-likeness (QED) is 0.420. The molecule has 0 atom stereocenters. The summed E-state index contributed by atoms with van der Waals surface area (Å²) in [5.41, 5.74) is 1.29. The Morgan fingerprint density at radius 2 is 1.81 bits per heavy atom. The van der Waals surface area contributed by atoms with Gasteiger partial charge in [0.05, 0.1) is 10.9 Å². The molecule has 2 heterocycles. The summed E-state index contributed by atoms with van der Waals surface area (Å²) < 4.78 is 3.79. The number of amides is 2. The lowest BCUT2D eigenvalue weighted by Gasteiger charge is -2.14. The second kappa shape index (κ2) is 9.68. The van der Waals surface area contributed by atoms with E-state index in [4.69, 9.17) is 0 Å². The zero-order valence-electron chi connectivity index (χ0n) is 21.2. The number of hydrogen-bond acceptors (Lipinski definition) is 5. The Bertz CT molecular complexity index is 1640. The highest BCUT2D eigenvalue weighted by atomic mass is 16.2. The molecule has 5 rings (SSSR count). The van der Waals surface area contributed by atoms with Crippen LogP contribution in [0.4, 0.5) is 5.69 Å². The third kappa shape index (κ3) is 4.54. The second-order valence-electron chi connectivity index (χ2n) is 9.89. The molecule has 0 aliphatic heterocycles. The van der Waals surface area contributed by atoms with Gasteiger partial charge in [-0.05, 0) is 63.4 Å². The molecule has 0 unspecified atom stereocenters. The number of aryl methyl sites for hydroxylation is 1. The predicted octanol–water partition coefficient (Wildman–Crippen LogP) is 3.01. The van der Waals surface area contributed by atoms with E-state index in [0.717, 1.165) is 35.9 Å². The van der Waals surface area contributed by atoms with E-state index < -0.39 is 11.6 Å². The molecule has 10 nitrogen and oxygen atoms in total. The van der Waals surface area contributed by atoms with Crippen LogP contribution in [0.1, 0.15) is 61.5 Å². The Hall–Kier alpha value is -4.21. The highest BCUT2D eigenvalue weighted by Gasteiger charge is 2.22. The molecule has 37 heavy (non-hydrogen) atoms. The summed E-state index contributed by atoms with van der Waals surface area (Å²) in [6.45, 7) is 5.20. The molecular formula is C27H30N6O4. The fourth-order valence-electron chi connectivity index (χ4n) is 4.97. The van der Waals surface area contributed by atoms with Gasteiger partial charge in [0.15, 0.2) is 0 Å². The minimum Gasteiger partial charge on any atom is -0.349 e. The molecule has 0 saturated heterocycles. The number of carbonyl (C=O) groups is 2. The molecule has 2 amide bonds. The van der Waals surface area contributed by atoms with Gasteiger partial charge in [-0.1, -0.05) is 31.0 Å². The van der Waals surface area contributed by atoms with Crippen molar-refractivity contribution in [2.75, 3.05) is 5.32 Å². The largest absolute Gasteiger partial charge is 0.352 e. The van der Waals surface area contributed by atoms with Gasteiger partial charge >= 0.3 is 5.69 Å². The van der Waals surface area contributed by atoms with Crippen molar-refractivity contribution in [2.45, 2.75) is 65.1 Å². The molecule has 1 saturated carbocycles. The highest BCUT2D eigenvalue weighted by molar-refractivity contribution is 5.98. The monoisotopic (exact) mass is 502 g/mol. The fourth-order valence-corrected chi connectivity index (χ4v) is 4.97. The lowest BCUT2D eigenvalue weighted by Crippen LogP contribution is -2.33. The second-order valence-corrected chi connectivity index (χ2v) is 9.89. The maximum atomic E-state index is 13.5. The Morgan fingerprint density at radius 1 is 1.08 bits per heavy atom. The molecule has 2 aromatic heterocycles. The molecule has 2 N–H and O–H groups in total. The van der Waals surface area contributed by atoms with Crippen molar-refractivity contribution in [3.63, 3.8) is 0 Å². The van der Waals surface area contributed by atoms with Gasteiger partial charge in [0, 0.05) is 23.3 Å². The molecular weight excluding hydrogens is 472 g/mol. The average Bonchev–Trinajstić information content (AvgIpc) is 3.48. The first kappa shape index (κ1) is 24.5. The number of anilines is 1. The Morgan fingerprint density at radius 3 is 2.51 bits per heavy atom. The van der Waals surface area contributed by atoms with Crippen LogP contribution in [0.15, 0.2) is 52.1 Å². The summed E-state index contributed by atoms with van der Waals surface area (Å²) in [5.74, 6) is -0.540. The van der Waals surface area contributed by atoms with Gasteiger partial charge < -0.3 is 10.6 Å². The van der Waals surface area contributed by atoms with Gasteiger partial charge in [-0.25, -0.2) is 13.9 Å². The average molecular weight is 503 g/mol. The number of nitrogens with zero attached hydrogens (tertiary/aromatic N) is 4. The lowest BCUT2D eigenvalue weighted by atomic mass is 10.1.